The highest BCUT2D eigenvalue weighted by molar-refractivity contribution is 5.75. The first-order chi connectivity index (χ1) is 8.49. The minimum atomic E-state index is -0.245. The normalized spacial score (nSPS) is 14.1. The quantitative estimate of drug-likeness (QED) is 0.815. The van der Waals surface area contributed by atoms with Gasteiger partial charge < -0.3 is 4.74 Å². The molecule has 2 unspecified atom stereocenters. The van der Waals surface area contributed by atoms with Crippen LogP contribution in [0, 0.1) is 13.8 Å². The van der Waals surface area contributed by atoms with Crippen molar-refractivity contribution >= 4 is 5.97 Å². The minimum Gasteiger partial charge on any atom is -0.468 e. The number of aryl methyl sites for hydroxylation is 2. The molecule has 100 valence electrons. The topological polar surface area (TPSA) is 38.3 Å². The van der Waals surface area contributed by atoms with Gasteiger partial charge in [-0.1, -0.05) is 30.7 Å². The Morgan fingerprint density at radius 1 is 1.39 bits per heavy atom. The van der Waals surface area contributed by atoms with Crippen molar-refractivity contribution < 1.29 is 9.53 Å². The molecular formula is C15H23NO2. The van der Waals surface area contributed by atoms with Gasteiger partial charge in [-0.3, -0.25) is 10.1 Å². The molecule has 0 radical (unpaired) electrons. The van der Waals surface area contributed by atoms with Gasteiger partial charge in [0.15, 0.2) is 0 Å². The molecule has 0 aliphatic heterocycles. The molecule has 1 N–H and O–H groups in total. The Hall–Kier alpha value is -1.35. The molecule has 0 aromatic heterocycles. The van der Waals surface area contributed by atoms with Gasteiger partial charge in [-0.2, -0.15) is 0 Å². The Morgan fingerprint density at radius 3 is 2.61 bits per heavy atom. The SMILES string of the molecule is CCC(NC(C)c1cc(C)ccc1C)C(=O)OC. The Bertz CT molecular complexity index is 415. The summed E-state index contributed by atoms with van der Waals surface area (Å²) in [4.78, 5) is 11.6. The fraction of sp³-hybridized carbons (Fsp3) is 0.533. The molecule has 3 nitrogen and oxygen atoms in total. The number of hydrogen-bond acceptors (Lipinski definition) is 3. The Labute approximate surface area is 110 Å². The number of hydrogen-bond donors (Lipinski definition) is 1. The largest absolute Gasteiger partial charge is 0.468 e. The number of carbonyl (C=O) groups excluding carboxylic acids is 1. The molecule has 0 amide bonds. The van der Waals surface area contributed by atoms with Crippen molar-refractivity contribution in [1.29, 1.82) is 0 Å². The van der Waals surface area contributed by atoms with Gasteiger partial charge in [-0.25, -0.2) is 0 Å². The van der Waals surface area contributed by atoms with Gasteiger partial charge in [0.2, 0.25) is 0 Å². The second-order valence-corrected chi connectivity index (χ2v) is 4.73. The third-order valence-electron chi connectivity index (χ3n) is 3.25. The van der Waals surface area contributed by atoms with Crippen molar-refractivity contribution in [2.24, 2.45) is 0 Å². The fourth-order valence-corrected chi connectivity index (χ4v) is 2.11. The lowest BCUT2D eigenvalue weighted by molar-refractivity contribution is -0.143. The summed E-state index contributed by atoms with van der Waals surface area (Å²) >= 11 is 0. The van der Waals surface area contributed by atoms with Crippen LogP contribution in [0.15, 0.2) is 18.2 Å². The molecule has 0 bridgehead atoms. The number of nitrogens with one attached hydrogen (secondary N) is 1. The van der Waals surface area contributed by atoms with Crippen molar-refractivity contribution in [1.82, 2.24) is 5.32 Å². The first-order valence-electron chi connectivity index (χ1n) is 6.40. The molecule has 3 heteroatoms. The van der Waals surface area contributed by atoms with Crippen LogP contribution >= 0.6 is 0 Å². The molecule has 0 aliphatic rings. The van der Waals surface area contributed by atoms with E-state index in [1.54, 1.807) is 0 Å². The van der Waals surface area contributed by atoms with E-state index < -0.39 is 0 Å². The van der Waals surface area contributed by atoms with Gasteiger partial charge in [0, 0.05) is 6.04 Å². The van der Waals surface area contributed by atoms with Crippen molar-refractivity contribution in [2.45, 2.75) is 46.2 Å². The molecule has 1 aromatic rings. The van der Waals surface area contributed by atoms with Crippen LogP contribution in [0.4, 0.5) is 0 Å². The smallest absolute Gasteiger partial charge is 0.322 e. The summed E-state index contributed by atoms with van der Waals surface area (Å²) in [5.41, 5.74) is 3.70. The summed E-state index contributed by atoms with van der Waals surface area (Å²) in [7, 11) is 1.43. The van der Waals surface area contributed by atoms with E-state index in [-0.39, 0.29) is 18.1 Å². The standard InChI is InChI=1S/C15H23NO2/c1-6-14(15(17)18-5)16-12(4)13-9-10(2)7-8-11(13)3/h7-9,12,14,16H,6H2,1-5H3. The van der Waals surface area contributed by atoms with Gasteiger partial charge >= 0.3 is 5.97 Å². The zero-order valence-electron chi connectivity index (χ0n) is 11.9. The zero-order chi connectivity index (χ0) is 13.7. The summed E-state index contributed by atoms with van der Waals surface area (Å²) in [5.74, 6) is -0.199. The molecule has 18 heavy (non-hydrogen) atoms. The average molecular weight is 249 g/mol. The van der Waals surface area contributed by atoms with E-state index in [1.165, 1.54) is 23.8 Å². The average Bonchev–Trinajstić information content (AvgIpc) is 2.37. The van der Waals surface area contributed by atoms with Gasteiger partial charge in [0.05, 0.1) is 7.11 Å². The summed E-state index contributed by atoms with van der Waals surface area (Å²) in [6, 6.07) is 6.26. The summed E-state index contributed by atoms with van der Waals surface area (Å²) in [5, 5.41) is 3.33. The lowest BCUT2D eigenvalue weighted by Crippen LogP contribution is -2.38. The fourth-order valence-electron chi connectivity index (χ4n) is 2.11. The van der Waals surface area contributed by atoms with Crippen LogP contribution in [0.2, 0.25) is 0 Å². The summed E-state index contributed by atoms with van der Waals surface area (Å²) in [6.07, 6.45) is 0.724. The minimum absolute atomic E-state index is 0.133. The number of benzene rings is 1. The van der Waals surface area contributed by atoms with Crippen molar-refractivity contribution in [3.8, 4) is 0 Å². The predicted molar refractivity (Wildman–Crippen MR) is 73.6 cm³/mol. The van der Waals surface area contributed by atoms with E-state index in [4.69, 9.17) is 4.74 Å². The van der Waals surface area contributed by atoms with Crippen LogP contribution in [0.5, 0.6) is 0 Å². The third-order valence-corrected chi connectivity index (χ3v) is 3.25. The molecular weight excluding hydrogens is 226 g/mol. The van der Waals surface area contributed by atoms with E-state index in [2.05, 4.69) is 44.3 Å². The molecule has 0 saturated carbocycles. The molecule has 2 atom stereocenters. The maximum Gasteiger partial charge on any atom is 0.322 e. The highest BCUT2D eigenvalue weighted by Gasteiger charge is 2.20. The maximum atomic E-state index is 11.6. The molecule has 0 heterocycles. The molecule has 1 aromatic carbocycles. The third kappa shape index (κ3) is 3.57. The molecule has 0 aliphatic carbocycles. The first kappa shape index (κ1) is 14.7. The van der Waals surface area contributed by atoms with Crippen LogP contribution < -0.4 is 5.32 Å². The lowest BCUT2D eigenvalue weighted by Gasteiger charge is -2.22. The Kier molecular flexibility index (Phi) is 5.35. The maximum absolute atomic E-state index is 11.6. The number of rotatable bonds is 5. The predicted octanol–water partition coefficient (Wildman–Crippen LogP) is 2.91. The number of carbonyl (C=O) groups is 1. The molecule has 1 rings (SSSR count). The van der Waals surface area contributed by atoms with E-state index in [1.807, 2.05) is 6.92 Å². The monoisotopic (exact) mass is 249 g/mol. The molecule has 0 fully saturated rings. The Balaban J connectivity index is 2.83. The number of esters is 1. The molecule has 0 saturated heterocycles. The van der Waals surface area contributed by atoms with Crippen LogP contribution in [-0.2, 0) is 9.53 Å². The van der Waals surface area contributed by atoms with Crippen molar-refractivity contribution in [2.75, 3.05) is 7.11 Å². The van der Waals surface area contributed by atoms with E-state index in [0.717, 1.165) is 6.42 Å². The highest BCUT2D eigenvalue weighted by atomic mass is 16.5. The van der Waals surface area contributed by atoms with Gasteiger partial charge in [0.1, 0.15) is 6.04 Å². The second kappa shape index (κ2) is 6.55. The van der Waals surface area contributed by atoms with E-state index in [9.17, 15) is 4.79 Å². The number of methoxy groups -OCH3 is 1. The Morgan fingerprint density at radius 2 is 2.06 bits per heavy atom. The van der Waals surface area contributed by atoms with Crippen LogP contribution in [0.1, 0.15) is 43.0 Å². The van der Waals surface area contributed by atoms with Gasteiger partial charge in [-0.05, 0) is 38.3 Å². The summed E-state index contributed by atoms with van der Waals surface area (Å²) in [6.45, 7) is 8.22. The highest BCUT2D eigenvalue weighted by Crippen LogP contribution is 2.19. The van der Waals surface area contributed by atoms with Crippen LogP contribution in [-0.4, -0.2) is 19.1 Å². The van der Waals surface area contributed by atoms with Crippen molar-refractivity contribution in [3.05, 3.63) is 34.9 Å². The van der Waals surface area contributed by atoms with Gasteiger partial charge in [0.25, 0.3) is 0 Å². The van der Waals surface area contributed by atoms with Crippen LogP contribution in [0.3, 0.4) is 0 Å². The number of ether oxygens (including phenoxy) is 1. The van der Waals surface area contributed by atoms with Crippen molar-refractivity contribution in [3.63, 3.8) is 0 Å². The first-order valence-corrected chi connectivity index (χ1v) is 6.40. The zero-order valence-corrected chi connectivity index (χ0v) is 11.9. The molecule has 0 spiro atoms. The summed E-state index contributed by atoms with van der Waals surface area (Å²) < 4.78 is 4.79. The van der Waals surface area contributed by atoms with Crippen LogP contribution in [0.25, 0.3) is 0 Å². The van der Waals surface area contributed by atoms with E-state index in [0.29, 0.717) is 0 Å². The second-order valence-electron chi connectivity index (χ2n) is 4.73. The van der Waals surface area contributed by atoms with E-state index >= 15 is 0 Å². The van der Waals surface area contributed by atoms with Gasteiger partial charge in [-0.15, -0.1) is 0 Å². The lowest BCUT2D eigenvalue weighted by atomic mass is 9.99.